The van der Waals surface area contributed by atoms with E-state index in [4.69, 9.17) is 4.74 Å². The summed E-state index contributed by atoms with van der Waals surface area (Å²) in [7, 11) is 2.58. The molecule has 20 heavy (non-hydrogen) atoms. The van der Waals surface area contributed by atoms with Gasteiger partial charge in [-0.25, -0.2) is 4.39 Å². The van der Waals surface area contributed by atoms with E-state index in [9.17, 15) is 14.0 Å². The van der Waals surface area contributed by atoms with E-state index in [1.165, 1.54) is 31.3 Å². The van der Waals surface area contributed by atoms with Crippen LogP contribution >= 0.6 is 0 Å². The molecule has 0 aliphatic carbocycles. The predicted molar refractivity (Wildman–Crippen MR) is 71.1 cm³/mol. The van der Waals surface area contributed by atoms with Gasteiger partial charge in [0.25, 0.3) is 5.91 Å². The van der Waals surface area contributed by atoms with Crippen LogP contribution in [0.1, 0.15) is 24.2 Å². The van der Waals surface area contributed by atoms with E-state index in [0.29, 0.717) is 0 Å². The minimum atomic E-state index is -0.548. The van der Waals surface area contributed by atoms with Gasteiger partial charge in [0.2, 0.25) is 0 Å². The van der Waals surface area contributed by atoms with Crippen LogP contribution in [0.2, 0.25) is 0 Å². The zero-order valence-corrected chi connectivity index (χ0v) is 12.0. The minimum absolute atomic E-state index is 0.0161. The Balaban J connectivity index is 3.03. The maximum absolute atomic E-state index is 13.3. The van der Waals surface area contributed by atoms with Gasteiger partial charge in [-0.15, -0.1) is 0 Å². The first-order valence-corrected chi connectivity index (χ1v) is 6.12. The Kier molecular flexibility index (Phi) is 5.49. The third-order valence-electron chi connectivity index (χ3n) is 2.81. The van der Waals surface area contributed by atoms with E-state index in [1.807, 2.05) is 0 Å². The SMILES string of the molecule is COC(=O)CN(C(=O)c1ccc(F)c(OC)c1)C(C)C. The van der Waals surface area contributed by atoms with Crippen molar-refractivity contribution in [1.29, 1.82) is 0 Å². The average molecular weight is 283 g/mol. The van der Waals surface area contributed by atoms with Crippen LogP contribution in [0.5, 0.6) is 5.75 Å². The van der Waals surface area contributed by atoms with Crippen molar-refractivity contribution >= 4 is 11.9 Å². The van der Waals surface area contributed by atoms with Gasteiger partial charge >= 0.3 is 5.97 Å². The van der Waals surface area contributed by atoms with E-state index in [-0.39, 0.29) is 29.8 Å². The highest BCUT2D eigenvalue weighted by Gasteiger charge is 2.22. The van der Waals surface area contributed by atoms with Gasteiger partial charge < -0.3 is 14.4 Å². The molecule has 1 rings (SSSR count). The summed E-state index contributed by atoms with van der Waals surface area (Å²) in [6, 6.07) is 3.62. The second kappa shape index (κ2) is 6.88. The van der Waals surface area contributed by atoms with Crippen LogP contribution in [0.25, 0.3) is 0 Å². The van der Waals surface area contributed by atoms with E-state index in [1.54, 1.807) is 13.8 Å². The number of hydrogen-bond donors (Lipinski definition) is 0. The molecule has 0 N–H and O–H groups in total. The van der Waals surface area contributed by atoms with Gasteiger partial charge in [0, 0.05) is 11.6 Å². The number of ether oxygens (including phenoxy) is 2. The Morgan fingerprint density at radius 3 is 2.45 bits per heavy atom. The molecule has 6 heteroatoms. The van der Waals surface area contributed by atoms with Gasteiger partial charge in [-0.05, 0) is 32.0 Å². The zero-order valence-electron chi connectivity index (χ0n) is 12.0. The summed E-state index contributed by atoms with van der Waals surface area (Å²) in [5, 5.41) is 0. The Morgan fingerprint density at radius 1 is 1.30 bits per heavy atom. The number of amides is 1. The number of benzene rings is 1. The highest BCUT2D eigenvalue weighted by Crippen LogP contribution is 2.20. The molecule has 0 atom stereocenters. The normalized spacial score (nSPS) is 10.3. The highest BCUT2D eigenvalue weighted by atomic mass is 19.1. The molecule has 0 spiro atoms. The first-order chi connectivity index (χ1) is 9.40. The van der Waals surface area contributed by atoms with Crippen molar-refractivity contribution in [2.45, 2.75) is 19.9 Å². The minimum Gasteiger partial charge on any atom is -0.494 e. The molecule has 0 aromatic heterocycles. The number of carbonyl (C=O) groups is 2. The molecule has 0 heterocycles. The zero-order chi connectivity index (χ0) is 15.3. The average Bonchev–Trinajstić information content (AvgIpc) is 2.43. The van der Waals surface area contributed by atoms with Crippen molar-refractivity contribution in [2.75, 3.05) is 20.8 Å². The molecule has 0 fully saturated rings. The molecule has 0 aliphatic rings. The molecule has 0 radical (unpaired) electrons. The number of methoxy groups -OCH3 is 2. The van der Waals surface area contributed by atoms with Crippen molar-refractivity contribution in [1.82, 2.24) is 4.90 Å². The maximum atomic E-state index is 13.3. The number of hydrogen-bond acceptors (Lipinski definition) is 4. The molecule has 0 bridgehead atoms. The van der Waals surface area contributed by atoms with E-state index >= 15 is 0 Å². The summed E-state index contributed by atoms with van der Waals surface area (Å²) in [6.07, 6.45) is 0. The monoisotopic (exact) mass is 283 g/mol. The summed E-state index contributed by atoms with van der Waals surface area (Å²) in [4.78, 5) is 25.0. The fourth-order valence-corrected chi connectivity index (χ4v) is 1.65. The van der Waals surface area contributed by atoms with Gasteiger partial charge in [0.05, 0.1) is 14.2 Å². The fourth-order valence-electron chi connectivity index (χ4n) is 1.65. The second-order valence-corrected chi connectivity index (χ2v) is 4.45. The Morgan fingerprint density at radius 2 is 1.95 bits per heavy atom. The summed E-state index contributed by atoms with van der Waals surface area (Å²) in [5.74, 6) is -1.46. The number of halogens is 1. The van der Waals surface area contributed by atoms with Gasteiger partial charge in [-0.2, -0.15) is 0 Å². The van der Waals surface area contributed by atoms with E-state index < -0.39 is 11.8 Å². The van der Waals surface area contributed by atoms with Gasteiger partial charge in [0.15, 0.2) is 11.6 Å². The first kappa shape index (κ1) is 15.9. The lowest BCUT2D eigenvalue weighted by molar-refractivity contribution is -0.141. The number of rotatable bonds is 5. The summed E-state index contributed by atoms with van der Waals surface area (Å²) in [6.45, 7) is 3.40. The van der Waals surface area contributed by atoms with Crippen LogP contribution in [-0.4, -0.2) is 43.6 Å². The third-order valence-corrected chi connectivity index (χ3v) is 2.81. The first-order valence-electron chi connectivity index (χ1n) is 6.12. The summed E-state index contributed by atoms with van der Waals surface area (Å²) in [5.41, 5.74) is 0.251. The molecule has 1 aromatic carbocycles. The second-order valence-electron chi connectivity index (χ2n) is 4.45. The largest absolute Gasteiger partial charge is 0.494 e. The molecule has 0 saturated carbocycles. The molecular formula is C14H18FNO4. The van der Waals surface area contributed by atoms with Gasteiger partial charge in [-0.1, -0.05) is 0 Å². The van der Waals surface area contributed by atoms with Gasteiger partial charge in [0.1, 0.15) is 6.54 Å². The van der Waals surface area contributed by atoms with E-state index in [2.05, 4.69) is 4.74 Å². The Hall–Kier alpha value is -2.11. The fraction of sp³-hybridized carbons (Fsp3) is 0.429. The van der Waals surface area contributed by atoms with Crippen LogP contribution in [0.3, 0.4) is 0 Å². The van der Waals surface area contributed by atoms with Crippen LogP contribution in [0.15, 0.2) is 18.2 Å². The van der Waals surface area contributed by atoms with Crippen LogP contribution < -0.4 is 4.74 Å². The third kappa shape index (κ3) is 3.69. The molecule has 0 aliphatic heterocycles. The van der Waals surface area contributed by atoms with Crippen molar-refractivity contribution in [3.63, 3.8) is 0 Å². The Bertz CT molecular complexity index is 502. The van der Waals surface area contributed by atoms with Crippen LogP contribution in [0, 0.1) is 5.82 Å². The maximum Gasteiger partial charge on any atom is 0.325 e. The molecule has 0 unspecified atom stereocenters. The van der Waals surface area contributed by atoms with E-state index in [0.717, 1.165) is 6.07 Å². The summed E-state index contributed by atoms with van der Waals surface area (Å²) >= 11 is 0. The lowest BCUT2D eigenvalue weighted by atomic mass is 10.1. The smallest absolute Gasteiger partial charge is 0.325 e. The molecule has 1 aromatic rings. The number of esters is 1. The topological polar surface area (TPSA) is 55.8 Å². The molecule has 110 valence electrons. The van der Waals surface area contributed by atoms with Crippen molar-refractivity contribution in [2.24, 2.45) is 0 Å². The summed E-state index contributed by atoms with van der Waals surface area (Å²) < 4.78 is 22.7. The van der Waals surface area contributed by atoms with Crippen LogP contribution in [-0.2, 0) is 9.53 Å². The quantitative estimate of drug-likeness (QED) is 0.774. The van der Waals surface area contributed by atoms with Crippen molar-refractivity contribution in [3.8, 4) is 5.75 Å². The molecule has 5 nitrogen and oxygen atoms in total. The highest BCUT2D eigenvalue weighted by molar-refractivity contribution is 5.96. The van der Waals surface area contributed by atoms with Crippen LogP contribution in [0.4, 0.5) is 4.39 Å². The van der Waals surface area contributed by atoms with Crippen molar-refractivity contribution in [3.05, 3.63) is 29.6 Å². The Labute approximate surface area is 117 Å². The van der Waals surface area contributed by atoms with Gasteiger partial charge in [-0.3, -0.25) is 9.59 Å². The number of nitrogens with zero attached hydrogens (tertiary/aromatic N) is 1. The number of carbonyl (C=O) groups excluding carboxylic acids is 2. The van der Waals surface area contributed by atoms with Crippen molar-refractivity contribution < 1.29 is 23.5 Å². The lowest BCUT2D eigenvalue weighted by Crippen LogP contribution is -2.41. The molecular weight excluding hydrogens is 265 g/mol. The predicted octanol–water partition coefficient (Wildman–Crippen LogP) is 1.86. The molecule has 1 amide bonds. The standard InChI is InChI=1S/C14H18FNO4/c1-9(2)16(8-13(17)20-4)14(18)10-5-6-11(15)12(7-10)19-3/h5-7,9H,8H2,1-4H3. The molecule has 0 saturated heterocycles. The lowest BCUT2D eigenvalue weighted by Gasteiger charge is -2.25.